The third-order valence-corrected chi connectivity index (χ3v) is 4.78. The van der Waals surface area contributed by atoms with E-state index in [4.69, 9.17) is 5.73 Å². The smallest absolute Gasteiger partial charge is 0.271 e. The first kappa shape index (κ1) is 14.2. The van der Waals surface area contributed by atoms with Gasteiger partial charge in [0.2, 0.25) is 0 Å². The van der Waals surface area contributed by atoms with E-state index in [9.17, 15) is 4.79 Å². The Balaban J connectivity index is 1.97. The summed E-state index contributed by atoms with van der Waals surface area (Å²) in [6.45, 7) is 4.53. The minimum Gasteiger partial charge on any atom is -0.346 e. The molecule has 3 N–H and O–H groups in total. The second-order valence-electron chi connectivity index (χ2n) is 4.26. The molecule has 19 heavy (non-hydrogen) atoms. The highest BCUT2D eigenvalue weighted by Crippen LogP contribution is 2.18. The molecular formula is C13H17N3OS2. The highest BCUT2D eigenvalue weighted by atomic mass is 32.1. The molecule has 0 aliphatic carbocycles. The molecule has 1 atom stereocenters. The highest BCUT2D eigenvalue weighted by molar-refractivity contribution is 7.10. The number of hydrogen-bond acceptors (Lipinski definition) is 5. The number of thiophene rings is 1. The minimum atomic E-state index is -0.140. The summed E-state index contributed by atoms with van der Waals surface area (Å²) in [5, 5.41) is 7.50. The van der Waals surface area contributed by atoms with Gasteiger partial charge in [0.25, 0.3) is 5.91 Å². The van der Waals surface area contributed by atoms with Crippen molar-refractivity contribution in [3.8, 4) is 0 Å². The van der Waals surface area contributed by atoms with Crippen LogP contribution in [0.15, 0.2) is 16.8 Å². The van der Waals surface area contributed by atoms with E-state index >= 15 is 0 Å². The van der Waals surface area contributed by atoms with Gasteiger partial charge in [-0.1, -0.05) is 6.92 Å². The summed E-state index contributed by atoms with van der Waals surface area (Å²) in [7, 11) is 0. The predicted molar refractivity (Wildman–Crippen MR) is 79.6 cm³/mol. The number of nitrogens with two attached hydrogens (primary N) is 1. The summed E-state index contributed by atoms with van der Waals surface area (Å²) in [5.41, 5.74) is 7.48. The molecular weight excluding hydrogens is 278 g/mol. The lowest BCUT2D eigenvalue weighted by atomic mass is 10.2. The van der Waals surface area contributed by atoms with Gasteiger partial charge < -0.3 is 11.1 Å². The van der Waals surface area contributed by atoms with Crippen molar-refractivity contribution in [2.45, 2.75) is 32.9 Å². The molecule has 6 heteroatoms. The molecule has 2 heterocycles. The lowest BCUT2D eigenvalue weighted by Crippen LogP contribution is -2.23. The predicted octanol–water partition coefficient (Wildman–Crippen LogP) is 2.72. The van der Waals surface area contributed by atoms with Gasteiger partial charge in [-0.3, -0.25) is 4.79 Å². The van der Waals surface area contributed by atoms with E-state index in [-0.39, 0.29) is 11.9 Å². The molecule has 2 rings (SSSR count). The summed E-state index contributed by atoms with van der Waals surface area (Å²) < 4.78 is 0. The number of aromatic nitrogens is 1. The van der Waals surface area contributed by atoms with Crippen LogP contribution in [0.4, 0.5) is 0 Å². The maximum absolute atomic E-state index is 12.0. The zero-order chi connectivity index (χ0) is 13.8. The Kier molecular flexibility index (Phi) is 4.68. The Morgan fingerprint density at radius 2 is 2.32 bits per heavy atom. The highest BCUT2D eigenvalue weighted by Gasteiger charge is 2.13. The van der Waals surface area contributed by atoms with Crippen molar-refractivity contribution in [3.63, 3.8) is 0 Å². The third kappa shape index (κ3) is 3.40. The second-order valence-corrected chi connectivity index (χ2v) is 6.16. The fraction of sp³-hybridized carbons (Fsp3) is 0.385. The summed E-state index contributed by atoms with van der Waals surface area (Å²) in [5.74, 6) is -0.140. The van der Waals surface area contributed by atoms with E-state index in [0.29, 0.717) is 12.2 Å². The molecule has 0 bridgehead atoms. The molecule has 0 spiro atoms. The van der Waals surface area contributed by atoms with E-state index in [2.05, 4.69) is 28.7 Å². The van der Waals surface area contributed by atoms with Gasteiger partial charge >= 0.3 is 0 Å². The summed E-state index contributed by atoms with van der Waals surface area (Å²) in [6.07, 6.45) is 0.986. The van der Waals surface area contributed by atoms with Crippen LogP contribution in [0.1, 0.15) is 45.8 Å². The molecule has 0 saturated carbocycles. The van der Waals surface area contributed by atoms with Crippen LogP contribution >= 0.6 is 22.7 Å². The van der Waals surface area contributed by atoms with E-state index < -0.39 is 0 Å². The molecule has 102 valence electrons. The van der Waals surface area contributed by atoms with E-state index in [0.717, 1.165) is 11.4 Å². The van der Waals surface area contributed by atoms with Gasteiger partial charge in [-0.05, 0) is 30.4 Å². The average Bonchev–Trinajstić information content (AvgIpc) is 3.04. The van der Waals surface area contributed by atoms with Crippen molar-refractivity contribution in [1.82, 2.24) is 10.3 Å². The number of amides is 1. The zero-order valence-corrected chi connectivity index (χ0v) is 12.6. The minimum absolute atomic E-state index is 0.129. The monoisotopic (exact) mass is 295 g/mol. The van der Waals surface area contributed by atoms with Crippen molar-refractivity contribution in [2.24, 2.45) is 5.73 Å². The van der Waals surface area contributed by atoms with Crippen LogP contribution in [0, 0.1) is 0 Å². The standard InChI is InChI=1S/C13H17N3OS2/c1-3-9-4-5-18-11(9)6-15-12(17)10-7-19-13(16-10)8(2)14/h4-5,7-8H,3,6,14H2,1-2H3,(H,15,17). The van der Waals surface area contributed by atoms with Gasteiger partial charge in [0.05, 0.1) is 12.6 Å². The number of carbonyl (C=O) groups is 1. The molecule has 4 nitrogen and oxygen atoms in total. The number of thiazole rings is 1. The van der Waals surface area contributed by atoms with Crippen molar-refractivity contribution in [3.05, 3.63) is 38.0 Å². The van der Waals surface area contributed by atoms with Gasteiger partial charge in [0, 0.05) is 10.3 Å². The molecule has 0 radical (unpaired) electrons. The number of aryl methyl sites for hydroxylation is 1. The van der Waals surface area contributed by atoms with Crippen LogP contribution < -0.4 is 11.1 Å². The van der Waals surface area contributed by atoms with Gasteiger partial charge in [0.1, 0.15) is 10.7 Å². The fourth-order valence-corrected chi connectivity index (χ4v) is 3.36. The number of hydrogen-bond donors (Lipinski definition) is 2. The molecule has 0 aliphatic rings. The Morgan fingerprint density at radius 3 is 2.95 bits per heavy atom. The SMILES string of the molecule is CCc1ccsc1CNC(=O)c1csc(C(C)N)n1. The van der Waals surface area contributed by atoms with Crippen LogP contribution in [0.25, 0.3) is 0 Å². The number of carbonyl (C=O) groups excluding carboxylic acids is 1. The third-order valence-electron chi connectivity index (χ3n) is 2.77. The summed E-state index contributed by atoms with van der Waals surface area (Å²) in [4.78, 5) is 17.4. The summed E-state index contributed by atoms with van der Waals surface area (Å²) in [6, 6.07) is 1.97. The quantitative estimate of drug-likeness (QED) is 0.891. The van der Waals surface area contributed by atoms with Gasteiger partial charge in [-0.15, -0.1) is 22.7 Å². The molecule has 1 amide bonds. The molecule has 2 aromatic rings. The van der Waals surface area contributed by atoms with Crippen LogP contribution in [-0.2, 0) is 13.0 Å². The Labute approximate surface area is 120 Å². The van der Waals surface area contributed by atoms with Gasteiger partial charge in [-0.25, -0.2) is 4.98 Å². The maximum atomic E-state index is 12.0. The van der Waals surface area contributed by atoms with Crippen molar-refractivity contribution >= 4 is 28.6 Å². The molecule has 0 aliphatic heterocycles. The normalized spacial score (nSPS) is 12.4. The van der Waals surface area contributed by atoms with Crippen LogP contribution in [0.5, 0.6) is 0 Å². The Hall–Kier alpha value is -1.24. The summed E-state index contributed by atoms with van der Waals surface area (Å²) >= 11 is 3.09. The lowest BCUT2D eigenvalue weighted by molar-refractivity contribution is 0.0947. The first-order chi connectivity index (χ1) is 9.11. The zero-order valence-electron chi connectivity index (χ0n) is 11.0. The van der Waals surface area contributed by atoms with E-state index in [1.165, 1.54) is 21.8 Å². The largest absolute Gasteiger partial charge is 0.346 e. The first-order valence-electron chi connectivity index (χ1n) is 6.16. The van der Waals surface area contributed by atoms with Crippen molar-refractivity contribution < 1.29 is 4.79 Å². The molecule has 0 saturated heterocycles. The van der Waals surface area contributed by atoms with Crippen LogP contribution in [0.2, 0.25) is 0 Å². The molecule has 1 unspecified atom stereocenters. The van der Waals surface area contributed by atoms with Crippen LogP contribution in [-0.4, -0.2) is 10.9 Å². The van der Waals surface area contributed by atoms with Crippen LogP contribution in [0.3, 0.4) is 0 Å². The second kappa shape index (κ2) is 6.27. The van der Waals surface area contributed by atoms with E-state index in [1.54, 1.807) is 16.7 Å². The van der Waals surface area contributed by atoms with Crippen molar-refractivity contribution in [1.29, 1.82) is 0 Å². The average molecular weight is 295 g/mol. The first-order valence-corrected chi connectivity index (χ1v) is 7.92. The number of nitrogens with zero attached hydrogens (tertiary/aromatic N) is 1. The topological polar surface area (TPSA) is 68.0 Å². The van der Waals surface area contributed by atoms with Gasteiger partial charge in [-0.2, -0.15) is 0 Å². The fourth-order valence-electron chi connectivity index (χ4n) is 1.69. The Bertz CT molecular complexity index is 560. The maximum Gasteiger partial charge on any atom is 0.271 e. The number of nitrogens with one attached hydrogen (secondary N) is 1. The Morgan fingerprint density at radius 1 is 1.53 bits per heavy atom. The molecule has 2 aromatic heterocycles. The molecule has 0 aromatic carbocycles. The van der Waals surface area contributed by atoms with E-state index in [1.807, 2.05) is 6.92 Å². The van der Waals surface area contributed by atoms with Gasteiger partial charge in [0.15, 0.2) is 0 Å². The number of rotatable bonds is 5. The van der Waals surface area contributed by atoms with Crippen molar-refractivity contribution in [2.75, 3.05) is 0 Å². The lowest BCUT2D eigenvalue weighted by Gasteiger charge is -2.03. The molecule has 0 fully saturated rings.